The summed E-state index contributed by atoms with van der Waals surface area (Å²) in [5.41, 5.74) is 6.54. The van der Waals surface area contributed by atoms with E-state index >= 15 is 0 Å². The van der Waals surface area contributed by atoms with Gasteiger partial charge in [-0.2, -0.15) is 5.10 Å². The highest BCUT2D eigenvalue weighted by atomic mass is 15.3. The molecule has 0 aliphatic carbocycles. The molecule has 0 bridgehead atoms. The van der Waals surface area contributed by atoms with Crippen LogP contribution in [0.25, 0.3) is 5.69 Å². The van der Waals surface area contributed by atoms with Crippen molar-refractivity contribution in [1.29, 1.82) is 0 Å². The summed E-state index contributed by atoms with van der Waals surface area (Å²) in [5.74, 6) is 0.739. The Morgan fingerprint density at radius 2 is 1.81 bits per heavy atom. The maximum absolute atomic E-state index is 4.61. The number of hydrogen-bond acceptors (Lipinski definition) is 3. The lowest BCUT2D eigenvalue weighted by atomic mass is 10.1. The normalized spacial score (nSPS) is 11.5. The van der Waals surface area contributed by atoms with Gasteiger partial charge in [0.2, 0.25) is 0 Å². The second-order valence-electron chi connectivity index (χ2n) is 6.51. The molecule has 0 saturated carbocycles. The van der Waals surface area contributed by atoms with Crippen LogP contribution in [-0.4, -0.2) is 27.8 Å². The summed E-state index contributed by atoms with van der Waals surface area (Å²) in [6.45, 7) is 7.42. The Labute approximate surface area is 160 Å². The van der Waals surface area contributed by atoms with Crippen molar-refractivity contribution in [2.75, 3.05) is 7.05 Å². The van der Waals surface area contributed by atoms with Gasteiger partial charge in [-0.1, -0.05) is 24.3 Å². The summed E-state index contributed by atoms with van der Waals surface area (Å²) >= 11 is 0. The molecule has 0 fully saturated rings. The molecule has 140 valence electrons. The molecule has 0 aliphatic rings. The van der Waals surface area contributed by atoms with Crippen LogP contribution in [0.5, 0.6) is 0 Å². The zero-order valence-corrected chi connectivity index (χ0v) is 16.3. The number of pyridine rings is 1. The minimum atomic E-state index is 0.630. The van der Waals surface area contributed by atoms with Crippen molar-refractivity contribution in [1.82, 2.24) is 25.4 Å². The molecular formula is C21H26N6. The molecule has 0 radical (unpaired) electrons. The van der Waals surface area contributed by atoms with Crippen LogP contribution in [0.3, 0.4) is 0 Å². The van der Waals surface area contributed by atoms with Crippen molar-refractivity contribution in [2.24, 2.45) is 4.99 Å². The van der Waals surface area contributed by atoms with Gasteiger partial charge in [0.15, 0.2) is 5.96 Å². The molecule has 0 amide bonds. The van der Waals surface area contributed by atoms with Gasteiger partial charge in [-0.05, 0) is 50.1 Å². The minimum absolute atomic E-state index is 0.630. The summed E-state index contributed by atoms with van der Waals surface area (Å²) in [6, 6.07) is 14.4. The van der Waals surface area contributed by atoms with Crippen molar-refractivity contribution in [3.63, 3.8) is 0 Å². The highest BCUT2D eigenvalue weighted by Crippen LogP contribution is 2.16. The summed E-state index contributed by atoms with van der Waals surface area (Å²) < 4.78 is 1.99. The zero-order chi connectivity index (χ0) is 19.2. The van der Waals surface area contributed by atoms with Crippen molar-refractivity contribution in [2.45, 2.75) is 33.9 Å². The lowest BCUT2D eigenvalue weighted by Gasteiger charge is -2.15. The highest BCUT2D eigenvalue weighted by Gasteiger charge is 2.09. The van der Waals surface area contributed by atoms with Crippen molar-refractivity contribution < 1.29 is 0 Å². The third kappa shape index (κ3) is 4.53. The summed E-state index contributed by atoms with van der Waals surface area (Å²) in [5, 5.41) is 11.3. The lowest BCUT2D eigenvalue weighted by molar-refractivity contribution is 0.772. The van der Waals surface area contributed by atoms with Gasteiger partial charge in [-0.3, -0.25) is 9.98 Å². The Kier molecular flexibility index (Phi) is 5.86. The largest absolute Gasteiger partial charge is 0.352 e. The van der Waals surface area contributed by atoms with E-state index in [0.717, 1.165) is 39.9 Å². The van der Waals surface area contributed by atoms with Gasteiger partial charge in [0.1, 0.15) is 0 Å². The molecular weight excluding hydrogens is 336 g/mol. The maximum Gasteiger partial charge on any atom is 0.191 e. The van der Waals surface area contributed by atoms with Crippen molar-refractivity contribution in [3.8, 4) is 5.69 Å². The predicted octanol–water partition coefficient (Wildman–Crippen LogP) is 3.06. The van der Waals surface area contributed by atoms with Crippen LogP contribution in [0.4, 0.5) is 0 Å². The SMILES string of the molecule is CN=C(NCc1ccccc1-n1nc(C)cc1C)NCc1ncccc1C. The Balaban J connectivity index is 1.69. The first kappa shape index (κ1) is 18.6. The zero-order valence-electron chi connectivity index (χ0n) is 16.3. The van der Waals surface area contributed by atoms with Gasteiger partial charge >= 0.3 is 0 Å². The quantitative estimate of drug-likeness (QED) is 0.541. The highest BCUT2D eigenvalue weighted by molar-refractivity contribution is 5.79. The number of nitrogens with one attached hydrogen (secondary N) is 2. The van der Waals surface area contributed by atoms with Gasteiger partial charge in [0.05, 0.1) is 23.6 Å². The smallest absolute Gasteiger partial charge is 0.191 e. The number of para-hydroxylation sites is 1. The van der Waals surface area contributed by atoms with E-state index in [1.165, 1.54) is 0 Å². The van der Waals surface area contributed by atoms with Crippen LogP contribution in [0.1, 0.15) is 28.2 Å². The third-order valence-electron chi connectivity index (χ3n) is 4.44. The Bertz CT molecular complexity index is 941. The molecule has 0 saturated heterocycles. The average Bonchev–Trinajstić information content (AvgIpc) is 3.01. The van der Waals surface area contributed by atoms with Crippen LogP contribution in [0, 0.1) is 20.8 Å². The number of benzene rings is 1. The number of aliphatic imine (C=N–C) groups is 1. The lowest BCUT2D eigenvalue weighted by Crippen LogP contribution is -2.36. The Morgan fingerprint density at radius 3 is 2.52 bits per heavy atom. The molecule has 1 aromatic carbocycles. The molecule has 0 unspecified atom stereocenters. The molecule has 6 heteroatoms. The van der Waals surface area contributed by atoms with Crippen LogP contribution in [0.2, 0.25) is 0 Å². The molecule has 2 aromatic heterocycles. The standard InChI is InChI=1S/C21H26N6/c1-15-8-7-11-23-19(15)14-25-21(22-4)24-13-18-9-5-6-10-20(18)27-17(3)12-16(2)26-27/h5-12H,13-14H2,1-4H3,(H2,22,24,25). The molecule has 2 heterocycles. The first-order valence-corrected chi connectivity index (χ1v) is 9.05. The van der Waals surface area contributed by atoms with Gasteiger partial charge in [0.25, 0.3) is 0 Å². The van der Waals surface area contributed by atoms with Crippen molar-refractivity contribution >= 4 is 5.96 Å². The van der Waals surface area contributed by atoms with Gasteiger partial charge in [0, 0.05) is 25.5 Å². The van der Waals surface area contributed by atoms with Crippen LogP contribution < -0.4 is 10.6 Å². The fraction of sp³-hybridized carbons (Fsp3) is 0.286. The summed E-state index contributed by atoms with van der Waals surface area (Å²) in [6.07, 6.45) is 1.81. The van der Waals surface area contributed by atoms with E-state index in [1.54, 1.807) is 7.05 Å². The first-order chi connectivity index (χ1) is 13.1. The molecule has 0 atom stereocenters. The van der Waals surface area contributed by atoms with Crippen molar-refractivity contribution in [3.05, 3.63) is 76.9 Å². The fourth-order valence-electron chi connectivity index (χ4n) is 3.01. The van der Waals surface area contributed by atoms with Crippen LogP contribution in [-0.2, 0) is 13.1 Å². The number of guanidine groups is 1. The Hall–Kier alpha value is -3.15. The fourth-order valence-corrected chi connectivity index (χ4v) is 3.01. The minimum Gasteiger partial charge on any atom is -0.352 e. The van der Waals surface area contributed by atoms with E-state index in [1.807, 2.05) is 36.0 Å². The number of hydrogen-bond donors (Lipinski definition) is 2. The third-order valence-corrected chi connectivity index (χ3v) is 4.44. The van der Waals surface area contributed by atoms with Gasteiger partial charge in [-0.25, -0.2) is 4.68 Å². The number of aryl methyl sites for hydroxylation is 3. The van der Waals surface area contributed by atoms with Gasteiger partial charge in [-0.15, -0.1) is 0 Å². The number of aromatic nitrogens is 3. The van der Waals surface area contributed by atoms with Crippen LogP contribution >= 0.6 is 0 Å². The molecule has 3 rings (SSSR count). The molecule has 6 nitrogen and oxygen atoms in total. The van der Waals surface area contributed by atoms with E-state index in [9.17, 15) is 0 Å². The first-order valence-electron chi connectivity index (χ1n) is 9.05. The molecule has 3 aromatic rings. The van der Waals surface area contributed by atoms with E-state index < -0.39 is 0 Å². The van der Waals surface area contributed by atoms with E-state index in [4.69, 9.17) is 0 Å². The number of rotatable bonds is 5. The second kappa shape index (κ2) is 8.49. The molecule has 0 spiro atoms. The summed E-state index contributed by atoms with van der Waals surface area (Å²) in [4.78, 5) is 8.73. The molecule has 27 heavy (non-hydrogen) atoms. The predicted molar refractivity (Wildman–Crippen MR) is 109 cm³/mol. The second-order valence-corrected chi connectivity index (χ2v) is 6.51. The summed E-state index contributed by atoms with van der Waals surface area (Å²) in [7, 11) is 1.77. The van der Waals surface area contributed by atoms with E-state index in [-0.39, 0.29) is 0 Å². The number of nitrogens with zero attached hydrogens (tertiary/aromatic N) is 4. The molecule has 2 N–H and O–H groups in total. The molecule has 0 aliphatic heterocycles. The monoisotopic (exact) mass is 362 g/mol. The Morgan fingerprint density at radius 1 is 1.04 bits per heavy atom. The average molecular weight is 362 g/mol. The van der Waals surface area contributed by atoms with E-state index in [2.05, 4.69) is 63.8 Å². The van der Waals surface area contributed by atoms with E-state index in [0.29, 0.717) is 13.1 Å². The van der Waals surface area contributed by atoms with Gasteiger partial charge < -0.3 is 10.6 Å². The van der Waals surface area contributed by atoms with Crippen LogP contribution in [0.15, 0.2) is 53.7 Å². The topological polar surface area (TPSA) is 67.1 Å². The maximum atomic E-state index is 4.61.